The number of carbonyl (C=O) groups is 1. The highest BCUT2D eigenvalue weighted by molar-refractivity contribution is 6.33. The van der Waals surface area contributed by atoms with Crippen LogP contribution in [0.2, 0.25) is 5.02 Å². The Labute approximate surface area is 104 Å². The highest BCUT2D eigenvalue weighted by Gasteiger charge is 2.63. The summed E-state index contributed by atoms with van der Waals surface area (Å²) >= 11 is 5.80. The molecule has 1 aromatic rings. The van der Waals surface area contributed by atoms with Crippen LogP contribution < -0.4 is 5.73 Å². The van der Waals surface area contributed by atoms with E-state index in [1.54, 1.807) is 12.1 Å². The molecule has 1 aromatic carbocycles. The second-order valence-electron chi connectivity index (χ2n) is 4.70. The predicted octanol–water partition coefficient (Wildman–Crippen LogP) is 1.99. The zero-order valence-electron chi connectivity index (χ0n) is 9.40. The van der Waals surface area contributed by atoms with Crippen LogP contribution >= 0.6 is 11.6 Å². The van der Waals surface area contributed by atoms with Crippen molar-refractivity contribution < 1.29 is 15.0 Å². The van der Waals surface area contributed by atoms with Crippen molar-refractivity contribution in [3.8, 4) is 0 Å². The summed E-state index contributed by atoms with van der Waals surface area (Å²) in [5, 5.41) is 20.1. The van der Waals surface area contributed by atoms with Crippen LogP contribution in [0.15, 0.2) is 18.2 Å². The summed E-state index contributed by atoms with van der Waals surface area (Å²) in [6.07, 6.45) is 0.940. The van der Waals surface area contributed by atoms with Gasteiger partial charge in [-0.25, -0.2) is 0 Å². The lowest BCUT2D eigenvalue weighted by atomic mass is 9.80. The van der Waals surface area contributed by atoms with E-state index in [-0.39, 0.29) is 0 Å². The Bertz CT molecular complexity index is 481. The summed E-state index contributed by atoms with van der Waals surface area (Å²) in [5.41, 5.74) is 3.97. The smallest absolute Gasteiger partial charge is 0.312 e. The molecule has 17 heavy (non-hydrogen) atoms. The van der Waals surface area contributed by atoms with Crippen LogP contribution in [0.1, 0.15) is 25.3 Å². The Hall–Kier alpha value is -1.26. The van der Waals surface area contributed by atoms with Crippen LogP contribution in [0.25, 0.3) is 0 Å². The number of hydrogen-bond donors (Lipinski definition) is 3. The van der Waals surface area contributed by atoms with Crippen LogP contribution in [-0.4, -0.2) is 16.2 Å². The molecule has 0 heterocycles. The number of anilines is 1. The van der Waals surface area contributed by atoms with Gasteiger partial charge in [-0.1, -0.05) is 17.7 Å². The molecule has 1 fully saturated rings. The Morgan fingerprint density at radius 3 is 2.53 bits per heavy atom. The van der Waals surface area contributed by atoms with Crippen LogP contribution in [0.5, 0.6) is 0 Å². The zero-order valence-corrected chi connectivity index (χ0v) is 10.2. The fourth-order valence-corrected chi connectivity index (χ4v) is 2.27. The number of carboxylic acid groups (broad SMARTS) is 1. The molecule has 1 unspecified atom stereocenters. The summed E-state index contributed by atoms with van der Waals surface area (Å²) in [4.78, 5) is 11.2. The van der Waals surface area contributed by atoms with Gasteiger partial charge in [-0.05, 0) is 37.5 Å². The lowest BCUT2D eigenvalue weighted by Gasteiger charge is -2.31. The summed E-state index contributed by atoms with van der Waals surface area (Å²) < 4.78 is 0. The van der Waals surface area contributed by atoms with Crippen molar-refractivity contribution in [1.82, 2.24) is 0 Å². The average molecular weight is 256 g/mol. The SMILES string of the molecule is CC(O)(c1ccc(Cl)c(N)c1)C1(C(=O)O)CC1. The first-order chi connectivity index (χ1) is 7.81. The minimum Gasteiger partial charge on any atom is -0.481 e. The number of nitrogen functional groups attached to an aromatic ring is 1. The van der Waals surface area contributed by atoms with Gasteiger partial charge < -0.3 is 15.9 Å². The van der Waals surface area contributed by atoms with Crippen LogP contribution in [-0.2, 0) is 10.4 Å². The molecular weight excluding hydrogens is 242 g/mol. The lowest BCUT2D eigenvalue weighted by molar-refractivity contribution is -0.155. The Kier molecular flexibility index (Phi) is 2.60. The van der Waals surface area contributed by atoms with E-state index < -0.39 is 17.0 Å². The number of carboxylic acids is 1. The molecule has 5 heteroatoms. The second-order valence-corrected chi connectivity index (χ2v) is 5.10. The Balaban J connectivity index is 2.45. The van der Waals surface area contributed by atoms with Crippen molar-refractivity contribution in [1.29, 1.82) is 0 Å². The van der Waals surface area contributed by atoms with E-state index in [0.29, 0.717) is 29.1 Å². The van der Waals surface area contributed by atoms with E-state index >= 15 is 0 Å². The molecule has 2 rings (SSSR count). The molecule has 1 saturated carbocycles. The van der Waals surface area contributed by atoms with Gasteiger partial charge in [0.15, 0.2) is 0 Å². The van der Waals surface area contributed by atoms with Gasteiger partial charge in [-0.15, -0.1) is 0 Å². The van der Waals surface area contributed by atoms with Crippen molar-refractivity contribution >= 4 is 23.3 Å². The van der Waals surface area contributed by atoms with Crippen molar-refractivity contribution in [2.45, 2.75) is 25.4 Å². The van der Waals surface area contributed by atoms with E-state index in [1.807, 2.05) is 0 Å². The predicted molar refractivity (Wildman–Crippen MR) is 64.7 cm³/mol. The standard InChI is InChI=1S/C12H14ClNO3/c1-11(17,12(4-5-12)10(15)16)7-2-3-8(13)9(14)6-7/h2-3,6,17H,4-5,14H2,1H3,(H,15,16). The number of hydrogen-bond acceptors (Lipinski definition) is 3. The highest BCUT2D eigenvalue weighted by atomic mass is 35.5. The lowest BCUT2D eigenvalue weighted by Crippen LogP contribution is -2.39. The molecule has 0 aliphatic heterocycles. The van der Waals surface area contributed by atoms with Gasteiger partial charge in [-0.2, -0.15) is 0 Å². The van der Waals surface area contributed by atoms with E-state index in [0.717, 1.165) is 0 Å². The fourth-order valence-electron chi connectivity index (χ4n) is 2.16. The summed E-state index contributed by atoms with van der Waals surface area (Å²) in [7, 11) is 0. The van der Waals surface area contributed by atoms with Crippen molar-refractivity contribution in [2.24, 2.45) is 5.41 Å². The Morgan fingerprint density at radius 1 is 1.53 bits per heavy atom. The largest absolute Gasteiger partial charge is 0.481 e. The number of aliphatic carboxylic acids is 1. The molecular formula is C12H14ClNO3. The molecule has 1 aliphatic rings. The fraction of sp³-hybridized carbons (Fsp3) is 0.417. The average Bonchev–Trinajstić information content (AvgIpc) is 3.02. The summed E-state index contributed by atoms with van der Waals surface area (Å²) in [6, 6.07) is 4.71. The van der Waals surface area contributed by atoms with Gasteiger partial charge in [0.1, 0.15) is 11.0 Å². The number of rotatable bonds is 3. The first-order valence-corrected chi connectivity index (χ1v) is 5.70. The zero-order chi connectivity index (χ0) is 12.8. The molecule has 4 N–H and O–H groups in total. The third-order valence-corrected chi connectivity index (χ3v) is 3.99. The first kappa shape index (κ1) is 12.2. The quantitative estimate of drug-likeness (QED) is 0.722. The molecule has 0 radical (unpaired) electrons. The van der Waals surface area contributed by atoms with Gasteiger partial charge in [0.25, 0.3) is 0 Å². The van der Waals surface area contributed by atoms with Gasteiger partial charge in [0.2, 0.25) is 0 Å². The molecule has 0 aromatic heterocycles. The van der Waals surface area contributed by atoms with Crippen molar-refractivity contribution in [3.63, 3.8) is 0 Å². The normalized spacial score (nSPS) is 20.6. The van der Waals surface area contributed by atoms with E-state index in [4.69, 9.17) is 17.3 Å². The van der Waals surface area contributed by atoms with E-state index in [2.05, 4.69) is 0 Å². The maximum atomic E-state index is 11.2. The minimum absolute atomic E-state index is 0.339. The number of aliphatic hydroxyl groups is 1. The van der Waals surface area contributed by atoms with Gasteiger partial charge >= 0.3 is 5.97 Å². The van der Waals surface area contributed by atoms with Crippen molar-refractivity contribution in [2.75, 3.05) is 5.73 Å². The molecule has 0 bridgehead atoms. The second kappa shape index (κ2) is 3.62. The van der Waals surface area contributed by atoms with Gasteiger partial charge in [-0.3, -0.25) is 4.79 Å². The molecule has 0 spiro atoms. The maximum Gasteiger partial charge on any atom is 0.312 e. The number of halogens is 1. The topological polar surface area (TPSA) is 83.5 Å². The molecule has 4 nitrogen and oxygen atoms in total. The molecule has 1 aliphatic carbocycles. The Morgan fingerprint density at radius 2 is 2.12 bits per heavy atom. The van der Waals surface area contributed by atoms with Crippen LogP contribution in [0, 0.1) is 5.41 Å². The summed E-state index contributed by atoms with van der Waals surface area (Å²) in [6.45, 7) is 1.51. The number of benzene rings is 1. The number of nitrogens with two attached hydrogens (primary N) is 1. The van der Waals surface area contributed by atoms with Crippen LogP contribution in [0.4, 0.5) is 5.69 Å². The maximum absolute atomic E-state index is 11.2. The van der Waals surface area contributed by atoms with Crippen molar-refractivity contribution in [3.05, 3.63) is 28.8 Å². The van der Waals surface area contributed by atoms with Gasteiger partial charge in [0, 0.05) is 0 Å². The molecule has 1 atom stereocenters. The van der Waals surface area contributed by atoms with Gasteiger partial charge in [0.05, 0.1) is 10.7 Å². The first-order valence-electron chi connectivity index (χ1n) is 5.32. The third-order valence-electron chi connectivity index (χ3n) is 3.65. The molecule has 92 valence electrons. The summed E-state index contributed by atoms with van der Waals surface area (Å²) in [5.74, 6) is -0.976. The van der Waals surface area contributed by atoms with Crippen LogP contribution in [0.3, 0.4) is 0 Å². The minimum atomic E-state index is -1.43. The highest BCUT2D eigenvalue weighted by Crippen LogP contribution is 2.58. The monoisotopic (exact) mass is 255 g/mol. The third kappa shape index (κ3) is 1.68. The van der Waals surface area contributed by atoms with E-state index in [1.165, 1.54) is 13.0 Å². The molecule has 0 saturated heterocycles. The molecule has 0 amide bonds. The van der Waals surface area contributed by atoms with E-state index in [9.17, 15) is 15.0 Å².